The van der Waals surface area contributed by atoms with Gasteiger partial charge in [0.15, 0.2) is 23.1 Å². The highest BCUT2D eigenvalue weighted by Gasteiger charge is 2.17. The predicted molar refractivity (Wildman–Crippen MR) is 143 cm³/mol. The van der Waals surface area contributed by atoms with Gasteiger partial charge < -0.3 is 19.7 Å². The number of ether oxygens (including phenoxy) is 2. The Balaban J connectivity index is 1.51. The van der Waals surface area contributed by atoms with Crippen molar-refractivity contribution in [2.45, 2.75) is 39.5 Å². The van der Waals surface area contributed by atoms with Crippen LogP contribution in [0.5, 0.6) is 11.5 Å². The van der Waals surface area contributed by atoms with Crippen LogP contribution < -0.4 is 14.8 Å². The Morgan fingerprint density at radius 2 is 1.89 bits per heavy atom. The number of nitrogens with one attached hydrogen (secondary N) is 2. The van der Waals surface area contributed by atoms with Crippen LogP contribution in [-0.4, -0.2) is 58.4 Å². The third-order valence-electron chi connectivity index (χ3n) is 6.61. The van der Waals surface area contributed by atoms with E-state index in [1.165, 1.54) is 38.1 Å². The van der Waals surface area contributed by atoms with Gasteiger partial charge in [-0.05, 0) is 75.5 Å². The van der Waals surface area contributed by atoms with Crippen LogP contribution in [0.25, 0.3) is 22.3 Å². The molecule has 1 fully saturated rings. The molecule has 0 atom stereocenters. The molecule has 0 saturated carbocycles. The van der Waals surface area contributed by atoms with Crippen molar-refractivity contribution in [1.29, 1.82) is 0 Å². The van der Waals surface area contributed by atoms with Crippen molar-refractivity contribution in [2.24, 2.45) is 0 Å². The maximum Gasteiger partial charge on any atom is 0.163 e. The molecule has 0 bridgehead atoms. The Morgan fingerprint density at radius 3 is 2.62 bits per heavy atom. The number of aryl methyl sites for hydroxylation is 2. The van der Waals surface area contributed by atoms with Gasteiger partial charge in [-0.15, -0.1) is 0 Å². The zero-order valence-corrected chi connectivity index (χ0v) is 21.6. The molecular formula is C28H33FN6O2. The highest BCUT2D eigenvalue weighted by molar-refractivity contribution is 5.94. The zero-order valence-electron chi connectivity index (χ0n) is 21.6. The molecule has 1 aliphatic heterocycles. The predicted octanol–water partition coefficient (Wildman–Crippen LogP) is 5.65. The van der Waals surface area contributed by atoms with Gasteiger partial charge in [0.05, 0.1) is 19.2 Å². The average molecular weight is 505 g/mol. The topological polar surface area (TPSA) is 88.2 Å². The number of halogens is 1. The van der Waals surface area contributed by atoms with Gasteiger partial charge in [0, 0.05) is 35.3 Å². The average Bonchev–Trinajstić information content (AvgIpc) is 3.57. The van der Waals surface area contributed by atoms with Crippen LogP contribution in [0.3, 0.4) is 0 Å². The highest BCUT2D eigenvalue weighted by Crippen LogP contribution is 2.36. The summed E-state index contributed by atoms with van der Waals surface area (Å²) in [5, 5.41) is 11.4. The van der Waals surface area contributed by atoms with Crippen molar-refractivity contribution in [1.82, 2.24) is 25.1 Å². The summed E-state index contributed by atoms with van der Waals surface area (Å²) in [6.45, 7) is 7.85. The number of likely N-dealkylation sites (tertiary alicyclic amines) is 1. The van der Waals surface area contributed by atoms with Crippen molar-refractivity contribution in [3.8, 4) is 22.9 Å². The molecular weight excluding hydrogens is 471 g/mol. The summed E-state index contributed by atoms with van der Waals surface area (Å²) in [6, 6.07) is 10.5. The number of anilines is 2. The lowest BCUT2D eigenvalue weighted by Crippen LogP contribution is -2.21. The first kappa shape index (κ1) is 25.0. The summed E-state index contributed by atoms with van der Waals surface area (Å²) in [5.74, 6) is 2.50. The lowest BCUT2D eigenvalue weighted by Gasteiger charge is -2.16. The van der Waals surface area contributed by atoms with Crippen LogP contribution in [-0.2, 0) is 6.42 Å². The Bertz CT molecular complexity index is 1360. The van der Waals surface area contributed by atoms with Crippen LogP contribution in [0.15, 0.2) is 36.4 Å². The van der Waals surface area contributed by atoms with Gasteiger partial charge in [-0.3, -0.25) is 5.10 Å². The van der Waals surface area contributed by atoms with E-state index in [1.807, 2.05) is 31.2 Å². The van der Waals surface area contributed by atoms with E-state index in [2.05, 4.69) is 27.3 Å². The normalized spacial score (nSPS) is 13.8. The minimum atomic E-state index is -0.329. The summed E-state index contributed by atoms with van der Waals surface area (Å²) in [6.07, 6.45) is 4.32. The van der Waals surface area contributed by atoms with Crippen LogP contribution in [0.2, 0.25) is 0 Å². The standard InChI is InChI=1S/C28H33FN6O2/c1-4-21-15-26(34-33-21)31-28-22-16-24(36-3)25(37-11-7-10-35-8-5-6-9-35)17-23(22)30-27(32-28)19-12-18(2)13-20(29)14-19/h12-17H,4-11H2,1-3H3,(H2,30,31,32,33,34). The second-order valence-electron chi connectivity index (χ2n) is 9.44. The largest absolute Gasteiger partial charge is 0.493 e. The number of fused-ring (bicyclic) bond motifs is 1. The van der Waals surface area contributed by atoms with Gasteiger partial charge in [0.25, 0.3) is 0 Å². The molecule has 194 valence electrons. The molecule has 37 heavy (non-hydrogen) atoms. The van der Waals surface area contributed by atoms with Gasteiger partial charge in [0.2, 0.25) is 0 Å². The summed E-state index contributed by atoms with van der Waals surface area (Å²) in [5.41, 5.74) is 3.06. The van der Waals surface area contributed by atoms with E-state index in [9.17, 15) is 4.39 Å². The van der Waals surface area contributed by atoms with E-state index in [0.717, 1.165) is 36.0 Å². The molecule has 5 rings (SSSR count). The smallest absolute Gasteiger partial charge is 0.163 e. The second kappa shape index (κ2) is 11.1. The number of benzene rings is 2. The number of aromatic amines is 1. The maximum absolute atomic E-state index is 14.2. The maximum atomic E-state index is 14.2. The lowest BCUT2D eigenvalue weighted by molar-refractivity contribution is 0.254. The lowest BCUT2D eigenvalue weighted by atomic mass is 10.1. The number of nitrogens with zero attached hydrogens (tertiary/aromatic N) is 4. The summed E-state index contributed by atoms with van der Waals surface area (Å²) in [7, 11) is 1.62. The van der Waals surface area contributed by atoms with E-state index < -0.39 is 0 Å². The van der Waals surface area contributed by atoms with Crippen molar-refractivity contribution < 1.29 is 13.9 Å². The number of aromatic nitrogens is 4. The molecule has 0 amide bonds. The molecule has 0 radical (unpaired) electrons. The molecule has 1 aliphatic rings. The molecule has 2 aromatic carbocycles. The van der Waals surface area contributed by atoms with Crippen molar-refractivity contribution in [3.05, 3.63) is 53.5 Å². The molecule has 0 unspecified atom stereocenters. The van der Waals surface area contributed by atoms with E-state index in [0.29, 0.717) is 46.6 Å². The first-order chi connectivity index (χ1) is 18.0. The molecule has 0 aliphatic carbocycles. The SMILES string of the molecule is CCc1cc(Nc2nc(-c3cc(C)cc(F)c3)nc3cc(OCCCN4CCCC4)c(OC)cc23)n[nH]1. The fourth-order valence-electron chi connectivity index (χ4n) is 4.70. The third-order valence-corrected chi connectivity index (χ3v) is 6.61. The monoisotopic (exact) mass is 504 g/mol. The molecule has 0 spiro atoms. The van der Waals surface area contributed by atoms with Crippen molar-refractivity contribution in [3.63, 3.8) is 0 Å². The molecule has 3 heterocycles. The van der Waals surface area contributed by atoms with Crippen LogP contribution in [0.1, 0.15) is 37.4 Å². The minimum Gasteiger partial charge on any atom is -0.493 e. The molecule has 2 aromatic heterocycles. The first-order valence-electron chi connectivity index (χ1n) is 12.9. The van der Waals surface area contributed by atoms with Gasteiger partial charge in [-0.2, -0.15) is 5.10 Å². The quantitative estimate of drug-likeness (QED) is 0.270. The molecule has 4 aromatic rings. The summed E-state index contributed by atoms with van der Waals surface area (Å²) < 4.78 is 26.1. The fraction of sp³-hybridized carbons (Fsp3) is 0.393. The third kappa shape index (κ3) is 5.83. The minimum absolute atomic E-state index is 0.329. The van der Waals surface area contributed by atoms with Crippen LogP contribution in [0.4, 0.5) is 16.0 Å². The van der Waals surface area contributed by atoms with E-state index >= 15 is 0 Å². The van der Waals surface area contributed by atoms with E-state index in [-0.39, 0.29) is 5.82 Å². The second-order valence-corrected chi connectivity index (χ2v) is 9.44. The van der Waals surface area contributed by atoms with Gasteiger partial charge in [-0.1, -0.05) is 6.92 Å². The van der Waals surface area contributed by atoms with Gasteiger partial charge in [0.1, 0.15) is 11.6 Å². The van der Waals surface area contributed by atoms with Crippen molar-refractivity contribution in [2.75, 3.05) is 38.7 Å². The van der Waals surface area contributed by atoms with E-state index in [1.54, 1.807) is 7.11 Å². The van der Waals surface area contributed by atoms with Crippen molar-refractivity contribution >= 4 is 22.5 Å². The Morgan fingerprint density at radius 1 is 1.05 bits per heavy atom. The molecule has 9 heteroatoms. The Labute approximate surface area is 216 Å². The highest BCUT2D eigenvalue weighted by atomic mass is 19.1. The van der Waals surface area contributed by atoms with Gasteiger partial charge >= 0.3 is 0 Å². The summed E-state index contributed by atoms with van der Waals surface area (Å²) >= 11 is 0. The molecule has 8 nitrogen and oxygen atoms in total. The Hall–Kier alpha value is -3.72. The molecule has 1 saturated heterocycles. The molecule has 2 N–H and O–H groups in total. The number of H-pyrrole nitrogens is 1. The fourth-order valence-corrected chi connectivity index (χ4v) is 4.70. The van der Waals surface area contributed by atoms with Crippen LogP contribution >= 0.6 is 0 Å². The van der Waals surface area contributed by atoms with E-state index in [4.69, 9.17) is 19.4 Å². The number of hydrogen-bond donors (Lipinski definition) is 2. The number of rotatable bonds is 10. The Kier molecular flexibility index (Phi) is 7.50. The zero-order chi connectivity index (χ0) is 25.8. The summed E-state index contributed by atoms with van der Waals surface area (Å²) in [4.78, 5) is 12.0. The number of hydrogen-bond acceptors (Lipinski definition) is 7. The number of methoxy groups -OCH3 is 1. The van der Waals surface area contributed by atoms with Gasteiger partial charge in [-0.25, -0.2) is 14.4 Å². The first-order valence-corrected chi connectivity index (χ1v) is 12.9. The van der Waals surface area contributed by atoms with Crippen LogP contribution in [0, 0.1) is 12.7 Å².